The molecular weight excluding hydrogens is 785 g/mol. The molecule has 5 aliphatic rings. The van der Waals surface area contributed by atoms with Gasteiger partial charge in [0.25, 0.3) is 5.79 Å². The van der Waals surface area contributed by atoms with E-state index < -0.39 is 82.4 Å². The third kappa shape index (κ3) is 7.23. The summed E-state index contributed by atoms with van der Waals surface area (Å²) in [6, 6.07) is 24.4. The zero-order valence-electron chi connectivity index (χ0n) is 35.4. The second kappa shape index (κ2) is 17.0. The molecule has 326 valence electrons. The van der Waals surface area contributed by atoms with Crippen molar-refractivity contribution in [1.82, 2.24) is 0 Å². The SMILES string of the molecule is C=C=C([C@@H]1C[C@@H](OCc2ccc(OC)cc2)C[C@@H](OCc2ccc(OC)cc2)O1)[C@]1(C)C(=O)[C@@H]2OC[C@]3(C)[C@H](O)C[C@H](O)[C@@]4(CO[C@](OCc5ccccc5)(C(=O)OC)[C@@H]14)[C@@H]23. The third-order valence-electron chi connectivity index (χ3n) is 14.1. The minimum Gasteiger partial charge on any atom is -0.497 e. The Hall–Kier alpha value is -4.40. The van der Waals surface area contributed by atoms with Crippen LogP contribution >= 0.6 is 0 Å². The predicted octanol–water partition coefficient (Wildman–Crippen LogP) is 5.48. The van der Waals surface area contributed by atoms with E-state index in [0.717, 1.165) is 22.4 Å². The Bertz CT molecular complexity index is 2040. The van der Waals surface area contributed by atoms with Crippen LogP contribution in [0.25, 0.3) is 0 Å². The average Bonchev–Trinajstić information content (AvgIpc) is 3.84. The van der Waals surface area contributed by atoms with Crippen LogP contribution in [0.2, 0.25) is 0 Å². The molecule has 0 amide bonds. The van der Waals surface area contributed by atoms with Gasteiger partial charge < -0.3 is 52.8 Å². The van der Waals surface area contributed by atoms with Crippen LogP contribution in [0.3, 0.4) is 0 Å². The van der Waals surface area contributed by atoms with E-state index in [1.54, 1.807) is 21.1 Å². The van der Waals surface area contributed by atoms with E-state index in [-0.39, 0.29) is 45.9 Å². The summed E-state index contributed by atoms with van der Waals surface area (Å²) in [6.45, 7) is 8.01. The van der Waals surface area contributed by atoms with Gasteiger partial charge in [0, 0.05) is 41.6 Å². The number of ether oxygens (including phenoxy) is 9. The monoisotopic (exact) mass is 840 g/mol. The number of hydrogen-bond donors (Lipinski definition) is 2. The molecule has 13 nitrogen and oxygen atoms in total. The van der Waals surface area contributed by atoms with Crippen LogP contribution in [0.5, 0.6) is 11.5 Å². The Kier molecular flexibility index (Phi) is 12.1. The Morgan fingerprint density at radius 1 is 0.803 bits per heavy atom. The highest BCUT2D eigenvalue weighted by Crippen LogP contribution is 2.73. The van der Waals surface area contributed by atoms with Gasteiger partial charge in [0.15, 0.2) is 12.1 Å². The van der Waals surface area contributed by atoms with Gasteiger partial charge in [-0.25, -0.2) is 4.79 Å². The fourth-order valence-electron chi connectivity index (χ4n) is 11.1. The lowest BCUT2D eigenvalue weighted by Gasteiger charge is -2.63. The number of carbonyl (C=O) groups excluding carboxylic acids is 2. The van der Waals surface area contributed by atoms with Gasteiger partial charge in [-0.2, -0.15) is 0 Å². The fourth-order valence-corrected chi connectivity index (χ4v) is 11.1. The highest BCUT2D eigenvalue weighted by Gasteiger charge is 2.84. The van der Waals surface area contributed by atoms with Crippen LogP contribution in [-0.2, 0) is 62.6 Å². The van der Waals surface area contributed by atoms with Crippen LogP contribution in [0.15, 0.2) is 96.7 Å². The van der Waals surface area contributed by atoms with E-state index in [1.165, 1.54) is 7.11 Å². The molecule has 3 heterocycles. The number of aliphatic hydroxyl groups is 2. The van der Waals surface area contributed by atoms with Gasteiger partial charge in [0.2, 0.25) is 0 Å². The molecule has 3 saturated heterocycles. The Morgan fingerprint density at radius 3 is 2.03 bits per heavy atom. The first-order valence-corrected chi connectivity index (χ1v) is 20.8. The van der Waals surface area contributed by atoms with Gasteiger partial charge in [-0.05, 0) is 47.9 Å². The van der Waals surface area contributed by atoms with Gasteiger partial charge in [0.05, 0.1) is 90.1 Å². The number of hydrogen-bond acceptors (Lipinski definition) is 13. The number of benzene rings is 3. The normalized spacial score (nSPS) is 36.3. The Balaban J connectivity index is 1.21. The molecule has 3 aliphatic heterocycles. The van der Waals surface area contributed by atoms with E-state index in [4.69, 9.17) is 42.6 Å². The summed E-state index contributed by atoms with van der Waals surface area (Å²) in [5.74, 6) is -4.01. The highest BCUT2D eigenvalue weighted by atomic mass is 16.7. The van der Waals surface area contributed by atoms with E-state index >= 15 is 4.79 Å². The van der Waals surface area contributed by atoms with Crippen molar-refractivity contribution in [2.45, 2.75) is 95.5 Å². The van der Waals surface area contributed by atoms with Gasteiger partial charge in [-0.1, -0.05) is 68.1 Å². The molecule has 3 aromatic rings. The molecule has 12 atom stereocenters. The van der Waals surface area contributed by atoms with Crippen molar-refractivity contribution in [2.75, 3.05) is 34.5 Å². The highest BCUT2D eigenvalue weighted by molar-refractivity contribution is 5.96. The molecule has 2 aliphatic carbocycles. The van der Waals surface area contributed by atoms with Crippen LogP contribution in [0, 0.1) is 28.1 Å². The summed E-state index contributed by atoms with van der Waals surface area (Å²) in [4.78, 5) is 30.2. The van der Waals surface area contributed by atoms with Gasteiger partial charge in [0.1, 0.15) is 17.6 Å². The quantitative estimate of drug-likeness (QED) is 0.156. The van der Waals surface area contributed by atoms with Crippen molar-refractivity contribution in [1.29, 1.82) is 0 Å². The van der Waals surface area contributed by atoms with Crippen molar-refractivity contribution in [3.05, 3.63) is 113 Å². The summed E-state index contributed by atoms with van der Waals surface area (Å²) in [5, 5.41) is 24.0. The fraction of sp³-hybridized carbons (Fsp3) is 0.521. The summed E-state index contributed by atoms with van der Waals surface area (Å²) in [5.41, 5.74) is 1.95. The van der Waals surface area contributed by atoms with Gasteiger partial charge >= 0.3 is 5.97 Å². The van der Waals surface area contributed by atoms with Gasteiger partial charge in [-0.3, -0.25) is 4.79 Å². The number of esters is 1. The molecule has 0 unspecified atom stereocenters. The van der Waals surface area contributed by atoms with Crippen molar-refractivity contribution < 1.29 is 62.4 Å². The summed E-state index contributed by atoms with van der Waals surface area (Å²) >= 11 is 0. The maximum Gasteiger partial charge on any atom is 0.366 e. The molecule has 2 N–H and O–H groups in total. The minimum absolute atomic E-state index is 0.0429. The van der Waals surface area contributed by atoms with Crippen molar-refractivity contribution in [3.8, 4) is 11.5 Å². The van der Waals surface area contributed by atoms with Crippen molar-refractivity contribution >= 4 is 11.8 Å². The zero-order chi connectivity index (χ0) is 43.2. The number of Topliss-reactive ketones (excluding diaryl/α,β-unsaturated/α-hetero) is 1. The number of ketones is 1. The number of aliphatic hydroxyl groups excluding tert-OH is 2. The summed E-state index contributed by atoms with van der Waals surface area (Å²) in [6.07, 6.45) is -4.87. The molecule has 3 aromatic carbocycles. The molecule has 61 heavy (non-hydrogen) atoms. The Morgan fingerprint density at radius 2 is 1.43 bits per heavy atom. The third-order valence-corrected chi connectivity index (χ3v) is 14.1. The number of methoxy groups -OCH3 is 3. The van der Waals surface area contributed by atoms with Crippen LogP contribution in [-0.4, -0.2) is 99.1 Å². The average molecular weight is 841 g/mol. The molecule has 0 bridgehead atoms. The van der Waals surface area contributed by atoms with Crippen molar-refractivity contribution in [2.24, 2.45) is 28.1 Å². The van der Waals surface area contributed by atoms with E-state index in [0.29, 0.717) is 17.7 Å². The smallest absolute Gasteiger partial charge is 0.366 e. The second-order valence-electron chi connectivity index (χ2n) is 17.4. The molecule has 0 aromatic heterocycles. The van der Waals surface area contributed by atoms with Crippen molar-refractivity contribution in [3.63, 3.8) is 0 Å². The Labute approximate surface area is 356 Å². The first-order valence-electron chi connectivity index (χ1n) is 20.8. The number of carbonyl (C=O) groups is 2. The van der Waals surface area contributed by atoms with E-state index in [1.807, 2.05) is 85.8 Å². The lowest BCUT2D eigenvalue weighted by molar-refractivity contribution is -0.271. The number of rotatable bonds is 14. The first kappa shape index (κ1) is 43.3. The molecular formula is C48H56O13. The standard InChI is InChI=1S/C48H56O13/c1-7-35(36-21-34(56-24-30-13-17-32(53-4)18-14-30)22-39(61-36)57-25-31-15-19-33(54-5)20-16-31)46(3)42(51)40-41-45(2,27-58-40)37(49)23-38(50)47(41)28-60-48(43(46)47,44(52)55-6)59-26-29-11-9-8-10-12-29/h8-20,34,36-41,43,49-50H,1,21-28H2,2-6H3/t34-,36+,37-,38+,39+,40-,41+,43+,45-,46-,47+,48+/m1/s1. The van der Waals surface area contributed by atoms with Crippen LogP contribution in [0.4, 0.5) is 0 Å². The molecule has 0 radical (unpaired) electrons. The maximum atomic E-state index is 15.7. The van der Waals surface area contributed by atoms with Crippen LogP contribution < -0.4 is 9.47 Å². The molecule has 5 fully saturated rings. The summed E-state index contributed by atoms with van der Waals surface area (Å²) in [7, 11) is 4.46. The second-order valence-corrected chi connectivity index (χ2v) is 17.4. The van der Waals surface area contributed by atoms with Gasteiger partial charge in [-0.15, -0.1) is 5.73 Å². The lowest BCUT2D eigenvalue weighted by Crippen LogP contribution is -2.74. The molecule has 2 saturated carbocycles. The summed E-state index contributed by atoms with van der Waals surface area (Å²) < 4.78 is 55.8. The van der Waals surface area contributed by atoms with E-state index in [2.05, 4.69) is 12.3 Å². The lowest BCUT2D eigenvalue weighted by atomic mass is 9.39. The maximum absolute atomic E-state index is 15.7. The molecule has 13 heteroatoms. The van der Waals surface area contributed by atoms with E-state index in [9.17, 15) is 15.0 Å². The zero-order valence-corrected chi connectivity index (χ0v) is 35.4. The first-order chi connectivity index (χ1) is 29.4. The molecule has 1 spiro atoms. The molecule has 8 rings (SSSR count). The predicted molar refractivity (Wildman–Crippen MR) is 219 cm³/mol. The van der Waals surface area contributed by atoms with Crippen LogP contribution in [0.1, 0.15) is 49.8 Å². The topological polar surface area (TPSA) is 158 Å². The largest absolute Gasteiger partial charge is 0.497 e. The minimum atomic E-state index is -2.21.